The van der Waals surface area contributed by atoms with Gasteiger partial charge in [0.1, 0.15) is 5.71 Å². The predicted molar refractivity (Wildman–Crippen MR) is 44.1 cm³/mol. The highest BCUT2D eigenvalue weighted by Gasteiger charge is 2.56. The fraction of sp³-hybridized carbons (Fsp3) is 0.833. The molecule has 0 saturated carbocycles. The molecule has 1 heterocycles. The lowest BCUT2D eigenvalue weighted by Crippen LogP contribution is -2.46. The molecule has 2 atom stereocenters. The van der Waals surface area contributed by atoms with E-state index in [4.69, 9.17) is 5.11 Å². The van der Waals surface area contributed by atoms with E-state index in [-0.39, 0.29) is 0 Å². The van der Waals surface area contributed by atoms with Gasteiger partial charge in [0.05, 0.1) is 6.61 Å². The maximum atomic E-state index is 12.3. The Labute approximate surface area is 83.4 Å². The molecule has 1 N–H and O–H groups in total. The molecule has 0 aromatic rings. The Morgan fingerprint density at radius 1 is 1.53 bits per heavy atom. The molecule has 0 amide bonds. The summed E-state index contributed by atoms with van der Waals surface area (Å²) in [4.78, 5) is 3.98. The Hall–Kier alpha value is -0.830. The number of hydrogen-bond donors (Lipinski definition) is 1. The van der Waals surface area contributed by atoms with Crippen LogP contribution in [0.25, 0.3) is 0 Å². The zero-order valence-electron chi connectivity index (χ0n) is 7.52. The van der Waals surface area contributed by atoms with Crippen molar-refractivity contribution in [2.45, 2.75) is 17.5 Å². The molecular formula is C6H8F3NO4S. The summed E-state index contributed by atoms with van der Waals surface area (Å²) in [6, 6.07) is 0. The first-order valence-corrected chi connectivity index (χ1v) is 5.72. The van der Waals surface area contributed by atoms with E-state index in [0.717, 1.165) is 0 Å². The summed E-state index contributed by atoms with van der Waals surface area (Å²) < 4.78 is 59.1. The van der Waals surface area contributed by atoms with Gasteiger partial charge in [-0.1, -0.05) is 5.16 Å². The fourth-order valence-corrected chi connectivity index (χ4v) is 2.49. The summed E-state index contributed by atoms with van der Waals surface area (Å²) in [5.41, 5.74) is -0.528. The number of aliphatic hydroxyl groups excluding tert-OH is 1. The number of rotatable bonds is 2. The number of hydrogen-bond acceptors (Lipinski definition) is 5. The van der Waals surface area contributed by atoms with Crippen molar-refractivity contribution >= 4 is 15.5 Å². The van der Waals surface area contributed by atoms with E-state index in [1.165, 1.54) is 0 Å². The molecule has 0 saturated heterocycles. The first kappa shape index (κ1) is 12.2. The lowest BCUT2D eigenvalue weighted by molar-refractivity contribution is -0.210. The van der Waals surface area contributed by atoms with Crippen molar-refractivity contribution in [2.75, 3.05) is 12.9 Å². The maximum Gasteiger partial charge on any atom is 0.429 e. The Morgan fingerprint density at radius 3 is 2.40 bits per heavy atom. The highest BCUT2D eigenvalue weighted by atomic mass is 32.2. The van der Waals surface area contributed by atoms with Crippen LogP contribution in [0.3, 0.4) is 0 Å². The Morgan fingerprint density at radius 2 is 2.07 bits per heavy atom. The second kappa shape index (κ2) is 3.63. The molecule has 1 aliphatic heterocycles. The molecular weight excluding hydrogens is 239 g/mol. The van der Waals surface area contributed by atoms with Gasteiger partial charge in [-0.15, -0.1) is 0 Å². The van der Waals surface area contributed by atoms with Crippen molar-refractivity contribution in [1.29, 1.82) is 0 Å². The van der Waals surface area contributed by atoms with E-state index in [9.17, 15) is 21.6 Å². The third kappa shape index (κ3) is 2.40. The molecule has 0 aliphatic carbocycles. The Kier molecular flexibility index (Phi) is 2.97. The molecule has 2 unspecified atom stereocenters. The molecule has 0 aromatic heterocycles. The van der Waals surface area contributed by atoms with Crippen LogP contribution < -0.4 is 0 Å². The fourth-order valence-electron chi connectivity index (χ4n) is 1.23. The summed E-state index contributed by atoms with van der Waals surface area (Å²) in [6.45, 7) is -0.885. The standard InChI is InChI=1S/C6H8F3NO4S/c1-15(12,13)4-3(2-11)10-14-5(4)6(7,8)9/h4-5,11H,2H2,1H3. The van der Waals surface area contributed by atoms with Crippen LogP contribution in [-0.2, 0) is 14.7 Å². The second-order valence-corrected chi connectivity index (χ2v) is 5.23. The zero-order valence-corrected chi connectivity index (χ0v) is 8.34. The third-order valence-electron chi connectivity index (χ3n) is 1.83. The number of nitrogens with zero attached hydrogens (tertiary/aromatic N) is 1. The number of alkyl halides is 3. The SMILES string of the molecule is CS(=O)(=O)C1C(CO)=NOC1C(F)(F)F. The van der Waals surface area contributed by atoms with Gasteiger partial charge in [-0.2, -0.15) is 13.2 Å². The van der Waals surface area contributed by atoms with Crippen LogP contribution in [0.1, 0.15) is 0 Å². The predicted octanol–water partition coefficient (Wildman–Crippen LogP) is -0.291. The van der Waals surface area contributed by atoms with E-state index in [2.05, 4.69) is 9.99 Å². The average Bonchev–Trinajstić information content (AvgIpc) is 2.44. The summed E-state index contributed by atoms with van der Waals surface area (Å²) >= 11 is 0. The minimum absolute atomic E-state index is 0.528. The van der Waals surface area contributed by atoms with Gasteiger partial charge in [-0.3, -0.25) is 0 Å². The molecule has 1 rings (SSSR count). The minimum atomic E-state index is -4.84. The average molecular weight is 247 g/mol. The van der Waals surface area contributed by atoms with Gasteiger partial charge in [0, 0.05) is 6.26 Å². The minimum Gasteiger partial charge on any atom is -0.390 e. The van der Waals surface area contributed by atoms with Crippen LogP contribution in [0.4, 0.5) is 13.2 Å². The summed E-state index contributed by atoms with van der Waals surface area (Å²) in [6.07, 6.45) is -6.74. The molecule has 0 bridgehead atoms. The number of sulfone groups is 1. The molecule has 88 valence electrons. The normalized spacial score (nSPS) is 27.4. The van der Waals surface area contributed by atoms with Crippen LogP contribution in [0.5, 0.6) is 0 Å². The Bertz CT molecular complexity index is 374. The van der Waals surface area contributed by atoms with Gasteiger partial charge in [0.2, 0.25) is 6.10 Å². The summed E-state index contributed by atoms with van der Waals surface area (Å²) in [7, 11) is -4.03. The van der Waals surface area contributed by atoms with E-state index < -0.39 is 39.7 Å². The second-order valence-electron chi connectivity index (χ2n) is 3.06. The first-order chi connectivity index (χ1) is 6.68. The van der Waals surface area contributed by atoms with Gasteiger partial charge in [-0.05, 0) is 0 Å². The van der Waals surface area contributed by atoms with Crippen LogP contribution in [0.2, 0.25) is 0 Å². The highest BCUT2D eigenvalue weighted by molar-refractivity contribution is 7.92. The maximum absolute atomic E-state index is 12.3. The highest BCUT2D eigenvalue weighted by Crippen LogP contribution is 2.32. The van der Waals surface area contributed by atoms with Crippen molar-refractivity contribution in [3.63, 3.8) is 0 Å². The van der Waals surface area contributed by atoms with Gasteiger partial charge in [0.15, 0.2) is 15.1 Å². The van der Waals surface area contributed by atoms with E-state index in [1.54, 1.807) is 0 Å². The first-order valence-electron chi connectivity index (χ1n) is 3.77. The van der Waals surface area contributed by atoms with Crippen molar-refractivity contribution < 1.29 is 31.5 Å². The number of aliphatic hydroxyl groups is 1. The third-order valence-corrected chi connectivity index (χ3v) is 3.27. The Balaban J connectivity index is 3.08. The van der Waals surface area contributed by atoms with E-state index in [0.29, 0.717) is 6.26 Å². The number of oxime groups is 1. The lowest BCUT2D eigenvalue weighted by atomic mass is 10.2. The molecule has 5 nitrogen and oxygen atoms in total. The van der Waals surface area contributed by atoms with Crippen LogP contribution in [0.15, 0.2) is 5.16 Å². The quantitative estimate of drug-likeness (QED) is 0.727. The van der Waals surface area contributed by atoms with Crippen LogP contribution >= 0.6 is 0 Å². The lowest BCUT2D eigenvalue weighted by Gasteiger charge is -2.18. The zero-order chi connectivity index (χ0) is 11.9. The molecule has 0 fully saturated rings. The molecule has 1 aliphatic rings. The molecule has 0 spiro atoms. The molecule has 15 heavy (non-hydrogen) atoms. The van der Waals surface area contributed by atoms with E-state index >= 15 is 0 Å². The summed E-state index contributed by atoms with van der Waals surface area (Å²) in [5, 5.41) is 9.60. The van der Waals surface area contributed by atoms with Crippen LogP contribution in [0, 0.1) is 0 Å². The van der Waals surface area contributed by atoms with E-state index in [1.807, 2.05) is 0 Å². The molecule has 9 heteroatoms. The smallest absolute Gasteiger partial charge is 0.390 e. The molecule has 0 aromatic carbocycles. The van der Waals surface area contributed by atoms with Crippen molar-refractivity contribution in [3.05, 3.63) is 0 Å². The molecule has 0 radical (unpaired) electrons. The topological polar surface area (TPSA) is 76.0 Å². The van der Waals surface area contributed by atoms with Gasteiger partial charge in [0.25, 0.3) is 0 Å². The van der Waals surface area contributed by atoms with Crippen molar-refractivity contribution in [1.82, 2.24) is 0 Å². The van der Waals surface area contributed by atoms with Gasteiger partial charge < -0.3 is 9.94 Å². The van der Waals surface area contributed by atoms with Gasteiger partial charge in [-0.25, -0.2) is 8.42 Å². The van der Waals surface area contributed by atoms with Crippen molar-refractivity contribution in [3.8, 4) is 0 Å². The van der Waals surface area contributed by atoms with Crippen LogP contribution in [-0.4, -0.2) is 49.6 Å². The van der Waals surface area contributed by atoms with Gasteiger partial charge >= 0.3 is 6.18 Å². The van der Waals surface area contributed by atoms with Crippen molar-refractivity contribution in [2.24, 2.45) is 5.16 Å². The number of halogens is 3. The monoisotopic (exact) mass is 247 g/mol. The summed E-state index contributed by atoms with van der Waals surface area (Å²) in [5.74, 6) is 0. The largest absolute Gasteiger partial charge is 0.429 e.